The molecule has 0 radical (unpaired) electrons. The Kier molecular flexibility index (Phi) is 5.99. The lowest BCUT2D eigenvalue weighted by Crippen LogP contribution is -2.12. The van der Waals surface area contributed by atoms with Gasteiger partial charge >= 0.3 is 5.63 Å². The summed E-state index contributed by atoms with van der Waals surface area (Å²) < 4.78 is 11.3. The molecule has 0 N–H and O–H groups in total. The number of Topliss-reactive ketones (excluding diaryl/α,β-unsaturated/α-hetero) is 1. The molecule has 0 atom stereocenters. The Morgan fingerprint density at radius 1 is 0.935 bits per heavy atom. The third-order valence-corrected chi connectivity index (χ3v) is 5.39. The maximum Gasteiger partial charge on any atom is 0.336 e. The Bertz CT molecular complexity index is 1270. The Labute approximate surface area is 181 Å². The molecule has 0 aliphatic rings. The fraction of sp³-hybridized carbons (Fsp3) is 0.185. The van der Waals surface area contributed by atoms with Gasteiger partial charge in [-0.05, 0) is 42.2 Å². The first kappa shape index (κ1) is 20.6. The molecule has 3 aromatic carbocycles. The number of ketones is 1. The zero-order valence-electron chi connectivity index (χ0n) is 17.7. The van der Waals surface area contributed by atoms with Crippen LogP contribution in [0, 0.1) is 6.92 Å². The van der Waals surface area contributed by atoms with Crippen LogP contribution in [0.2, 0.25) is 0 Å². The van der Waals surface area contributed by atoms with Gasteiger partial charge in [-0.3, -0.25) is 4.79 Å². The molecule has 0 aliphatic carbocycles. The molecule has 4 nitrogen and oxygen atoms in total. The molecule has 0 fully saturated rings. The second-order valence-corrected chi connectivity index (χ2v) is 7.56. The van der Waals surface area contributed by atoms with Crippen molar-refractivity contribution in [2.24, 2.45) is 0 Å². The highest BCUT2D eigenvalue weighted by molar-refractivity contribution is 5.97. The minimum Gasteiger partial charge on any atom is -0.485 e. The first-order valence-electron chi connectivity index (χ1n) is 10.4. The van der Waals surface area contributed by atoms with E-state index >= 15 is 0 Å². The monoisotopic (exact) mass is 412 g/mol. The van der Waals surface area contributed by atoms with Crippen LogP contribution in [-0.4, -0.2) is 12.4 Å². The molecule has 1 heterocycles. The zero-order valence-corrected chi connectivity index (χ0v) is 17.7. The molecule has 0 spiro atoms. The predicted molar refractivity (Wildman–Crippen MR) is 123 cm³/mol. The molecule has 0 amide bonds. The summed E-state index contributed by atoms with van der Waals surface area (Å²) in [5.74, 6) is 0.429. The van der Waals surface area contributed by atoms with E-state index in [0.29, 0.717) is 16.9 Å². The van der Waals surface area contributed by atoms with Crippen molar-refractivity contribution >= 4 is 16.8 Å². The number of aryl methyl sites for hydroxylation is 2. The van der Waals surface area contributed by atoms with Crippen molar-refractivity contribution in [3.63, 3.8) is 0 Å². The summed E-state index contributed by atoms with van der Waals surface area (Å²) in [6, 6.07) is 22.8. The quantitative estimate of drug-likeness (QED) is 0.277. The number of fused-ring (bicyclic) bond motifs is 1. The molecule has 31 heavy (non-hydrogen) atoms. The number of rotatable bonds is 7. The van der Waals surface area contributed by atoms with Crippen LogP contribution in [0.4, 0.5) is 0 Å². The molecule has 1 aromatic heterocycles. The number of hydrogen-bond acceptors (Lipinski definition) is 4. The molecule has 0 saturated heterocycles. The van der Waals surface area contributed by atoms with Gasteiger partial charge in [0.15, 0.2) is 12.4 Å². The second kappa shape index (κ2) is 9.00. The molecule has 0 bridgehead atoms. The van der Waals surface area contributed by atoms with Crippen molar-refractivity contribution in [3.05, 3.63) is 99.9 Å². The van der Waals surface area contributed by atoms with E-state index in [0.717, 1.165) is 40.5 Å². The molecule has 4 aromatic rings. The Morgan fingerprint density at radius 2 is 1.65 bits per heavy atom. The number of benzene rings is 3. The average molecular weight is 412 g/mol. The van der Waals surface area contributed by atoms with E-state index in [4.69, 9.17) is 9.15 Å². The number of carbonyl (C=O) groups is 1. The van der Waals surface area contributed by atoms with Gasteiger partial charge in [0, 0.05) is 22.6 Å². The molecule has 0 unspecified atom stereocenters. The normalized spacial score (nSPS) is 10.9. The van der Waals surface area contributed by atoms with Crippen LogP contribution >= 0.6 is 0 Å². The van der Waals surface area contributed by atoms with E-state index in [1.807, 2.05) is 73.7 Å². The van der Waals surface area contributed by atoms with Crippen molar-refractivity contribution < 1.29 is 13.9 Å². The summed E-state index contributed by atoms with van der Waals surface area (Å²) in [6.07, 6.45) is 1.74. The van der Waals surface area contributed by atoms with E-state index in [2.05, 4.69) is 6.92 Å². The first-order chi connectivity index (χ1) is 15.1. The largest absolute Gasteiger partial charge is 0.485 e. The molecule has 156 valence electrons. The summed E-state index contributed by atoms with van der Waals surface area (Å²) >= 11 is 0. The van der Waals surface area contributed by atoms with Crippen molar-refractivity contribution in [3.8, 4) is 16.9 Å². The Morgan fingerprint density at radius 3 is 2.35 bits per heavy atom. The van der Waals surface area contributed by atoms with E-state index in [1.165, 1.54) is 0 Å². The minimum absolute atomic E-state index is 0.0874. The van der Waals surface area contributed by atoms with Crippen LogP contribution in [0.5, 0.6) is 5.75 Å². The summed E-state index contributed by atoms with van der Waals surface area (Å²) in [7, 11) is 0. The average Bonchev–Trinajstić information content (AvgIpc) is 2.80. The van der Waals surface area contributed by atoms with E-state index in [1.54, 1.807) is 6.07 Å². The first-order valence-corrected chi connectivity index (χ1v) is 10.4. The number of hydrogen-bond donors (Lipinski definition) is 0. The maximum absolute atomic E-state index is 12.6. The van der Waals surface area contributed by atoms with Crippen molar-refractivity contribution in [2.75, 3.05) is 6.61 Å². The van der Waals surface area contributed by atoms with Crippen LogP contribution < -0.4 is 10.4 Å². The third-order valence-electron chi connectivity index (χ3n) is 5.39. The van der Waals surface area contributed by atoms with Gasteiger partial charge in [0.25, 0.3) is 0 Å². The fourth-order valence-electron chi connectivity index (χ4n) is 3.75. The van der Waals surface area contributed by atoms with Crippen molar-refractivity contribution in [1.29, 1.82) is 0 Å². The van der Waals surface area contributed by atoms with Gasteiger partial charge in [-0.25, -0.2) is 4.79 Å². The lowest BCUT2D eigenvalue weighted by molar-refractivity contribution is 0.0921. The summed E-state index contributed by atoms with van der Waals surface area (Å²) in [5.41, 5.74) is 4.60. The lowest BCUT2D eigenvalue weighted by Gasteiger charge is -2.12. The van der Waals surface area contributed by atoms with Gasteiger partial charge in [0.05, 0.1) is 0 Å². The maximum atomic E-state index is 12.6. The van der Waals surface area contributed by atoms with Gasteiger partial charge in [0.1, 0.15) is 11.3 Å². The van der Waals surface area contributed by atoms with Crippen LogP contribution in [0.3, 0.4) is 0 Å². The van der Waals surface area contributed by atoms with Crippen molar-refractivity contribution in [2.45, 2.75) is 26.7 Å². The molecular weight excluding hydrogens is 388 g/mol. The molecular formula is C27H24O4. The van der Waals surface area contributed by atoms with Crippen LogP contribution in [0.1, 0.15) is 34.8 Å². The smallest absolute Gasteiger partial charge is 0.336 e. The minimum atomic E-state index is -0.370. The number of carbonyl (C=O) groups excluding carboxylic acids is 1. The van der Waals surface area contributed by atoms with Gasteiger partial charge in [0.2, 0.25) is 0 Å². The van der Waals surface area contributed by atoms with Crippen molar-refractivity contribution in [1.82, 2.24) is 0 Å². The molecule has 0 aliphatic heterocycles. The molecule has 4 rings (SSSR count). The van der Waals surface area contributed by atoms with E-state index < -0.39 is 0 Å². The molecule has 0 saturated carbocycles. The van der Waals surface area contributed by atoms with Gasteiger partial charge in [-0.1, -0.05) is 67.9 Å². The standard InChI is InChI=1S/C27H24O4/c1-3-7-22-16-26(29)31-27-18(2)25(15-14-23(22)27)30-17-24(28)21-12-10-20(11-13-21)19-8-5-4-6-9-19/h4-6,8-16H,3,7,17H2,1-2H3. The topological polar surface area (TPSA) is 56.5 Å². The van der Waals surface area contributed by atoms with Gasteiger partial charge < -0.3 is 9.15 Å². The van der Waals surface area contributed by atoms with Crippen LogP contribution in [-0.2, 0) is 6.42 Å². The SMILES string of the molecule is CCCc1cc(=O)oc2c(C)c(OCC(=O)c3ccc(-c4ccccc4)cc3)ccc12. The highest BCUT2D eigenvalue weighted by atomic mass is 16.5. The van der Waals surface area contributed by atoms with Gasteiger partial charge in [-0.15, -0.1) is 0 Å². The van der Waals surface area contributed by atoms with Gasteiger partial charge in [-0.2, -0.15) is 0 Å². The van der Waals surface area contributed by atoms with E-state index in [-0.39, 0.29) is 18.0 Å². The number of ether oxygens (including phenoxy) is 1. The highest BCUT2D eigenvalue weighted by Gasteiger charge is 2.13. The third kappa shape index (κ3) is 4.43. The van der Waals surface area contributed by atoms with E-state index in [9.17, 15) is 9.59 Å². The van der Waals surface area contributed by atoms with Crippen LogP contribution in [0.15, 0.2) is 82.0 Å². The Hall–Kier alpha value is -3.66. The Balaban J connectivity index is 1.51. The predicted octanol–water partition coefficient (Wildman–Crippen LogP) is 5.98. The second-order valence-electron chi connectivity index (χ2n) is 7.56. The summed E-state index contributed by atoms with van der Waals surface area (Å²) in [6.45, 7) is 3.83. The highest BCUT2D eigenvalue weighted by Crippen LogP contribution is 2.29. The zero-order chi connectivity index (χ0) is 21.8. The fourth-order valence-corrected chi connectivity index (χ4v) is 3.75. The summed E-state index contributed by atoms with van der Waals surface area (Å²) in [5, 5.41) is 0.911. The molecule has 4 heteroatoms. The lowest BCUT2D eigenvalue weighted by atomic mass is 10.0. The summed E-state index contributed by atoms with van der Waals surface area (Å²) in [4.78, 5) is 24.6. The van der Waals surface area contributed by atoms with Crippen LogP contribution in [0.25, 0.3) is 22.1 Å².